The summed E-state index contributed by atoms with van der Waals surface area (Å²) in [6.45, 7) is 4.66. The normalized spacial score (nSPS) is 10.8. The van der Waals surface area contributed by atoms with Crippen LogP contribution in [0.15, 0.2) is 29.4 Å². The predicted octanol–water partition coefficient (Wildman–Crippen LogP) is 2.23. The Morgan fingerprint density at radius 1 is 1.37 bits per heavy atom. The Morgan fingerprint density at radius 2 is 2.21 bits per heavy atom. The predicted molar refractivity (Wildman–Crippen MR) is 77.4 cm³/mol. The molecule has 0 unspecified atom stereocenters. The van der Waals surface area contributed by atoms with Gasteiger partial charge in [-0.1, -0.05) is 48.5 Å². The van der Waals surface area contributed by atoms with E-state index in [2.05, 4.69) is 27.8 Å². The monoisotopic (exact) mass is 297 g/mol. The summed E-state index contributed by atoms with van der Waals surface area (Å²) in [5.41, 5.74) is 1.09. The molecule has 1 aromatic carbocycles. The van der Waals surface area contributed by atoms with E-state index in [1.54, 1.807) is 11.8 Å². The van der Waals surface area contributed by atoms with Gasteiger partial charge in [-0.15, -0.1) is 5.10 Å². The molecule has 0 spiro atoms. The third-order valence-corrected chi connectivity index (χ3v) is 3.94. The van der Waals surface area contributed by atoms with Crippen molar-refractivity contribution in [2.75, 3.05) is 13.1 Å². The highest BCUT2D eigenvalue weighted by molar-refractivity contribution is 7.98. The third-order valence-electron chi connectivity index (χ3n) is 2.56. The van der Waals surface area contributed by atoms with Crippen LogP contribution in [-0.4, -0.2) is 33.3 Å². The van der Waals surface area contributed by atoms with E-state index in [4.69, 9.17) is 11.6 Å². The highest BCUT2D eigenvalue weighted by Gasteiger charge is 2.08. The van der Waals surface area contributed by atoms with Crippen molar-refractivity contribution in [3.8, 4) is 0 Å². The first-order chi connectivity index (χ1) is 9.31. The molecule has 0 saturated carbocycles. The lowest BCUT2D eigenvalue weighted by Crippen LogP contribution is -2.20. The number of benzene rings is 1. The molecule has 102 valence electrons. The van der Waals surface area contributed by atoms with Crippen molar-refractivity contribution < 1.29 is 0 Å². The zero-order chi connectivity index (χ0) is 13.5. The minimum absolute atomic E-state index is 0.765. The van der Waals surface area contributed by atoms with Crippen molar-refractivity contribution in [2.45, 2.75) is 24.4 Å². The van der Waals surface area contributed by atoms with Gasteiger partial charge >= 0.3 is 0 Å². The second-order valence-corrected chi connectivity index (χ2v) is 5.27. The van der Waals surface area contributed by atoms with E-state index in [-0.39, 0.29) is 0 Å². The molecule has 0 amide bonds. The fourth-order valence-corrected chi connectivity index (χ4v) is 2.75. The van der Waals surface area contributed by atoms with E-state index >= 15 is 0 Å². The molecule has 5 nitrogen and oxygen atoms in total. The lowest BCUT2D eigenvalue weighted by molar-refractivity contribution is 0.517. The minimum Gasteiger partial charge on any atom is -0.315 e. The van der Waals surface area contributed by atoms with Crippen LogP contribution in [0.1, 0.15) is 12.5 Å². The van der Waals surface area contributed by atoms with Crippen molar-refractivity contribution in [3.63, 3.8) is 0 Å². The van der Waals surface area contributed by atoms with Crippen molar-refractivity contribution in [3.05, 3.63) is 34.9 Å². The average Bonchev–Trinajstić information content (AvgIpc) is 2.86. The number of hydrogen-bond acceptors (Lipinski definition) is 5. The van der Waals surface area contributed by atoms with Crippen LogP contribution in [0.5, 0.6) is 0 Å². The number of hydrogen-bond donors (Lipinski definition) is 1. The largest absolute Gasteiger partial charge is 0.315 e. The average molecular weight is 298 g/mol. The van der Waals surface area contributed by atoms with Crippen LogP contribution in [0.25, 0.3) is 0 Å². The molecule has 1 N–H and O–H groups in total. The zero-order valence-electron chi connectivity index (χ0n) is 10.7. The van der Waals surface area contributed by atoms with Gasteiger partial charge in [0, 0.05) is 17.3 Å². The van der Waals surface area contributed by atoms with Gasteiger partial charge in [-0.25, -0.2) is 4.68 Å². The Kier molecular flexibility index (Phi) is 5.62. The van der Waals surface area contributed by atoms with Gasteiger partial charge in [-0.3, -0.25) is 0 Å². The molecular formula is C12H16ClN5S. The smallest absolute Gasteiger partial charge is 0.209 e. The molecule has 0 aliphatic rings. The molecule has 2 rings (SSSR count). The Balaban J connectivity index is 1.93. The highest BCUT2D eigenvalue weighted by Crippen LogP contribution is 2.24. The molecule has 0 fully saturated rings. The van der Waals surface area contributed by atoms with Crippen LogP contribution in [0, 0.1) is 0 Å². The Hall–Kier alpha value is -1.11. The van der Waals surface area contributed by atoms with E-state index in [1.165, 1.54) is 0 Å². The van der Waals surface area contributed by atoms with E-state index in [0.29, 0.717) is 0 Å². The molecule has 0 atom stereocenters. The number of likely N-dealkylation sites (N-methyl/N-ethyl adjacent to an activating group) is 1. The molecule has 0 radical (unpaired) electrons. The molecule has 7 heteroatoms. The Bertz CT molecular complexity index is 516. The van der Waals surface area contributed by atoms with Crippen LogP contribution in [0.2, 0.25) is 5.02 Å². The molecule has 2 aromatic rings. The lowest BCUT2D eigenvalue weighted by atomic mass is 10.2. The minimum atomic E-state index is 0.765. The third kappa shape index (κ3) is 4.19. The summed E-state index contributed by atoms with van der Waals surface area (Å²) in [4.78, 5) is 0. The second kappa shape index (κ2) is 7.47. The van der Waals surface area contributed by atoms with Gasteiger partial charge in [-0.2, -0.15) is 0 Å². The van der Waals surface area contributed by atoms with Gasteiger partial charge in [-0.05, 0) is 28.6 Å². The summed E-state index contributed by atoms with van der Waals surface area (Å²) in [6, 6.07) is 7.82. The molecule has 1 heterocycles. The standard InChI is InChI=1S/C12H16ClN5S/c1-2-14-7-8-18-12(15-16-17-18)19-9-10-5-3-4-6-11(10)13/h3-6,14H,2,7-9H2,1H3. The second-order valence-electron chi connectivity index (χ2n) is 3.92. The van der Waals surface area contributed by atoms with Crippen LogP contribution in [-0.2, 0) is 12.3 Å². The number of nitrogens with zero attached hydrogens (tertiary/aromatic N) is 4. The summed E-state index contributed by atoms with van der Waals surface area (Å²) in [5.74, 6) is 0.765. The van der Waals surface area contributed by atoms with Crippen molar-refractivity contribution in [1.82, 2.24) is 25.5 Å². The zero-order valence-corrected chi connectivity index (χ0v) is 12.3. The van der Waals surface area contributed by atoms with E-state index in [1.807, 2.05) is 28.9 Å². The van der Waals surface area contributed by atoms with Crippen molar-refractivity contribution in [2.24, 2.45) is 0 Å². The SMILES string of the molecule is CCNCCn1nnnc1SCc1ccccc1Cl. The maximum atomic E-state index is 6.12. The van der Waals surface area contributed by atoms with Crippen LogP contribution < -0.4 is 5.32 Å². The molecule has 0 bridgehead atoms. The first-order valence-electron chi connectivity index (χ1n) is 6.14. The number of tetrazole rings is 1. The summed E-state index contributed by atoms with van der Waals surface area (Å²) in [6.07, 6.45) is 0. The summed E-state index contributed by atoms with van der Waals surface area (Å²) >= 11 is 7.72. The molecular weight excluding hydrogens is 282 g/mol. The topological polar surface area (TPSA) is 55.6 Å². The quantitative estimate of drug-likeness (QED) is 0.627. The van der Waals surface area contributed by atoms with Crippen LogP contribution in [0.4, 0.5) is 0 Å². The fourth-order valence-electron chi connectivity index (χ4n) is 1.56. The number of halogens is 1. The summed E-state index contributed by atoms with van der Waals surface area (Å²) in [7, 11) is 0. The van der Waals surface area contributed by atoms with Gasteiger partial charge in [0.15, 0.2) is 0 Å². The van der Waals surface area contributed by atoms with Gasteiger partial charge in [0.05, 0.1) is 6.54 Å². The Morgan fingerprint density at radius 3 is 3.00 bits per heavy atom. The number of thioether (sulfide) groups is 1. The van der Waals surface area contributed by atoms with Crippen molar-refractivity contribution >= 4 is 23.4 Å². The van der Waals surface area contributed by atoms with E-state index < -0.39 is 0 Å². The molecule has 19 heavy (non-hydrogen) atoms. The van der Waals surface area contributed by atoms with Crippen LogP contribution >= 0.6 is 23.4 Å². The first-order valence-corrected chi connectivity index (χ1v) is 7.50. The highest BCUT2D eigenvalue weighted by atomic mass is 35.5. The molecule has 0 aliphatic carbocycles. The van der Waals surface area contributed by atoms with Gasteiger partial charge < -0.3 is 5.32 Å². The van der Waals surface area contributed by atoms with Crippen molar-refractivity contribution in [1.29, 1.82) is 0 Å². The van der Waals surface area contributed by atoms with Gasteiger partial charge in [0.1, 0.15) is 0 Å². The van der Waals surface area contributed by atoms with Crippen LogP contribution in [0.3, 0.4) is 0 Å². The Labute approximate surface area is 121 Å². The fraction of sp³-hybridized carbons (Fsp3) is 0.417. The molecule has 1 aromatic heterocycles. The maximum absolute atomic E-state index is 6.12. The number of nitrogens with one attached hydrogen (secondary N) is 1. The van der Waals surface area contributed by atoms with Gasteiger partial charge in [0.2, 0.25) is 5.16 Å². The molecule has 0 saturated heterocycles. The summed E-state index contributed by atoms with van der Waals surface area (Å²) < 4.78 is 1.81. The van der Waals surface area contributed by atoms with E-state index in [9.17, 15) is 0 Å². The first kappa shape index (κ1) is 14.3. The maximum Gasteiger partial charge on any atom is 0.209 e. The van der Waals surface area contributed by atoms with E-state index in [0.717, 1.165) is 41.1 Å². The molecule has 0 aliphatic heterocycles. The lowest BCUT2D eigenvalue weighted by Gasteiger charge is -2.05. The number of aromatic nitrogens is 4. The van der Waals surface area contributed by atoms with Gasteiger partial charge in [0.25, 0.3) is 0 Å². The number of rotatable bonds is 7. The summed E-state index contributed by atoms with van der Waals surface area (Å²) in [5, 5.41) is 16.6.